The van der Waals surface area contributed by atoms with Gasteiger partial charge in [-0.2, -0.15) is 0 Å². The van der Waals surface area contributed by atoms with E-state index < -0.39 is 0 Å². The average molecular weight is 302 g/mol. The first-order chi connectivity index (χ1) is 10.3. The molecule has 2 aromatic heterocycles. The summed E-state index contributed by atoms with van der Waals surface area (Å²) in [6.45, 7) is 3.97. The van der Waals surface area contributed by atoms with E-state index in [0.717, 1.165) is 23.9 Å². The van der Waals surface area contributed by atoms with Crippen molar-refractivity contribution in [3.63, 3.8) is 0 Å². The zero-order valence-corrected chi connectivity index (χ0v) is 13.5. The van der Waals surface area contributed by atoms with Gasteiger partial charge in [0.25, 0.3) is 0 Å². The van der Waals surface area contributed by atoms with E-state index in [0.29, 0.717) is 6.04 Å². The van der Waals surface area contributed by atoms with Crippen molar-refractivity contribution in [2.45, 2.75) is 38.8 Å². The number of fused-ring (bicyclic) bond motifs is 1. The third-order valence-corrected chi connectivity index (χ3v) is 5.09. The monoisotopic (exact) mass is 302 g/mol. The first-order valence-electron chi connectivity index (χ1n) is 7.62. The second-order valence-corrected chi connectivity index (χ2v) is 6.55. The van der Waals surface area contributed by atoms with Crippen molar-refractivity contribution in [2.24, 2.45) is 0 Å². The van der Waals surface area contributed by atoms with E-state index in [1.807, 2.05) is 29.7 Å². The van der Waals surface area contributed by atoms with E-state index in [4.69, 9.17) is 4.98 Å². The highest BCUT2D eigenvalue weighted by Gasteiger charge is 2.25. The number of aryl methyl sites for hydroxylation is 1. The molecule has 0 saturated carbocycles. The molecule has 2 heterocycles. The van der Waals surface area contributed by atoms with Crippen LogP contribution in [0, 0.1) is 0 Å². The van der Waals surface area contributed by atoms with Crippen molar-refractivity contribution in [3.05, 3.63) is 40.7 Å². The molecule has 21 heavy (non-hydrogen) atoms. The largest absolute Gasteiger partial charge is 0.345 e. The second-order valence-electron chi connectivity index (χ2n) is 5.48. The molecule has 4 nitrogen and oxygen atoms in total. The summed E-state index contributed by atoms with van der Waals surface area (Å²) < 4.78 is 0. The minimum Gasteiger partial charge on any atom is -0.345 e. The number of pyridine rings is 1. The molecule has 0 spiro atoms. The molecule has 0 fully saturated rings. The number of hydrogen-bond donors (Lipinski definition) is 1. The van der Waals surface area contributed by atoms with E-state index in [9.17, 15) is 0 Å². The topological polar surface area (TPSA) is 41.0 Å². The number of nitrogens with one attached hydrogen (secondary N) is 1. The normalized spacial score (nSPS) is 17.5. The summed E-state index contributed by atoms with van der Waals surface area (Å²) in [7, 11) is 2.10. The van der Waals surface area contributed by atoms with Crippen LogP contribution in [0.4, 0.5) is 5.13 Å². The fraction of sp³-hybridized carbons (Fsp3) is 0.500. The van der Waals surface area contributed by atoms with Crippen LogP contribution in [0.1, 0.15) is 42.1 Å². The molecule has 1 atom stereocenters. The first-order valence-corrected chi connectivity index (χ1v) is 8.43. The molecular weight excluding hydrogens is 280 g/mol. The molecule has 1 aliphatic rings. The highest BCUT2D eigenvalue weighted by atomic mass is 32.1. The molecule has 1 N–H and O–H groups in total. The van der Waals surface area contributed by atoms with Crippen molar-refractivity contribution in [1.29, 1.82) is 0 Å². The van der Waals surface area contributed by atoms with Crippen LogP contribution in [0.5, 0.6) is 0 Å². The molecule has 0 amide bonds. The van der Waals surface area contributed by atoms with Crippen LogP contribution >= 0.6 is 11.3 Å². The smallest absolute Gasteiger partial charge is 0.185 e. The van der Waals surface area contributed by atoms with Crippen molar-refractivity contribution in [1.82, 2.24) is 15.3 Å². The fourth-order valence-corrected chi connectivity index (χ4v) is 3.94. The number of nitrogens with zero attached hydrogens (tertiary/aromatic N) is 3. The third kappa shape index (κ3) is 3.24. The SMILES string of the molecule is CCNC1CCCc2sc(N(C)Cc3ccccn3)nc21. The van der Waals surface area contributed by atoms with Crippen LogP contribution in [0.25, 0.3) is 0 Å². The summed E-state index contributed by atoms with van der Waals surface area (Å²) >= 11 is 1.84. The predicted octanol–water partition coefficient (Wildman–Crippen LogP) is 3.16. The molecule has 0 bridgehead atoms. The van der Waals surface area contributed by atoms with Gasteiger partial charge in [0.15, 0.2) is 5.13 Å². The lowest BCUT2D eigenvalue weighted by atomic mass is 9.98. The highest BCUT2D eigenvalue weighted by molar-refractivity contribution is 7.15. The Balaban J connectivity index is 1.77. The molecule has 1 aliphatic carbocycles. The van der Waals surface area contributed by atoms with E-state index in [-0.39, 0.29) is 0 Å². The maximum atomic E-state index is 4.90. The van der Waals surface area contributed by atoms with Crippen molar-refractivity contribution in [3.8, 4) is 0 Å². The average Bonchev–Trinajstić information content (AvgIpc) is 2.94. The van der Waals surface area contributed by atoms with Gasteiger partial charge in [-0.3, -0.25) is 4.98 Å². The number of thiazole rings is 1. The molecule has 0 saturated heterocycles. The Hall–Kier alpha value is -1.46. The summed E-state index contributed by atoms with van der Waals surface area (Å²) in [5.41, 5.74) is 2.35. The summed E-state index contributed by atoms with van der Waals surface area (Å²) in [6, 6.07) is 6.48. The van der Waals surface area contributed by atoms with Gasteiger partial charge in [0.2, 0.25) is 0 Å². The number of anilines is 1. The summed E-state index contributed by atoms with van der Waals surface area (Å²) in [5.74, 6) is 0. The molecule has 5 heteroatoms. The predicted molar refractivity (Wildman–Crippen MR) is 87.8 cm³/mol. The standard InChI is InChI=1S/C16H22N4S/c1-3-17-13-8-6-9-14-15(13)19-16(21-14)20(2)11-12-7-4-5-10-18-12/h4-5,7,10,13,17H,3,6,8-9,11H2,1-2H3. The van der Waals surface area contributed by atoms with Gasteiger partial charge in [0.05, 0.1) is 24.0 Å². The van der Waals surface area contributed by atoms with Crippen LogP contribution in [0.2, 0.25) is 0 Å². The van der Waals surface area contributed by atoms with Crippen LogP contribution in [0.15, 0.2) is 24.4 Å². The molecule has 0 radical (unpaired) electrons. The Morgan fingerprint density at radius 1 is 1.43 bits per heavy atom. The van der Waals surface area contributed by atoms with E-state index >= 15 is 0 Å². The minimum atomic E-state index is 0.437. The van der Waals surface area contributed by atoms with Crippen molar-refractivity contribution >= 4 is 16.5 Å². The van der Waals surface area contributed by atoms with Crippen LogP contribution in [0.3, 0.4) is 0 Å². The molecule has 112 valence electrons. The molecule has 3 rings (SSSR count). The second kappa shape index (κ2) is 6.54. The van der Waals surface area contributed by atoms with E-state index in [1.54, 1.807) is 0 Å². The highest BCUT2D eigenvalue weighted by Crippen LogP contribution is 2.36. The van der Waals surface area contributed by atoms with Gasteiger partial charge in [-0.25, -0.2) is 4.98 Å². The lowest BCUT2D eigenvalue weighted by molar-refractivity contribution is 0.465. The molecule has 2 aromatic rings. The van der Waals surface area contributed by atoms with Gasteiger partial charge < -0.3 is 10.2 Å². The summed E-state index contributed by atoms with van der Waals surface area (Å²) in [4.78, 5) is 13.0. The molecule has 1 unspecified atom stereocenters. The Bertz CT molecular complexity index is 581. The van der Waals surface area contributed by atoms with Gasteiger partial charge in [-0.05, 0) is 37.9 Å². The maximum absolute atomic E-state index is 4.90. The maximum Gasteiger partial charge on any atom is 0.185 e. The van der Waals surface area contributed by atoms with E-state index in [2.05, 4.69) is 35.2 Å². The molecule has 0 aliphatic heterocycles. The van der Waals surface area contributed by atoms with Gasteiger partial charge in [-0.1, -0.05) is 13.0 Å². The van der Waals surface area contributed by atoms with Crippen LogP contribution in [-0.2, 0) is 13.0 Å². The fourth-order valence-electron chi connectivity index (χ4n) is 2.82. The number of hydrogen-bond acceptors (Lipinski definition) is 5. The molecular formula is C16H22N4S. The third-order valence-electron chi connectivity index (χ3n) is 3.85. The lowest BCUT2D eigenvalue weighted by Crippen LogP contribution is -2.25. The summed E-state index contributed by atoms with van der Waals surface area (Å²) in [5, 5.41) is 4.66. The first kappa shape index (κ1) is 14.5. The minimum absolute atomic E-state index is 0.437. The molecule has 0 aromatic carbocycles. The number of rotatable bonds is 5. The van der Waals surface area contributed by atoms with Gasteiger partial charge >= 0.3 is 0 Å². The van der Waals surface area contributed by atoms with Gasteiger partial charge in [-0.15, -0.1) is 11.3 Å². The Morgan fingerprint density at radius 2 is 2.33 bits per heavy atom. The summed E-state index contributed by atoms with van der Waals surface area (Å²) in [6.07, 6.45) is 5.48. The van der Waals surface area contributed by atoms with Crippen LogP contribution in [-0.4, -0.2) is 23.6 Å². The Labute approximate surface area is 130 Å². The van der Waals surface area contributed by atoms with Crippen LogP contribution < -0.4 is 10.2 Å². The zero-order valence-electron chi connectivity index (χ0n) is 12.7. The zero-order chi connectivity index (χ0) is 14.7. The van der Waals surface area contributed by atoms with Crippen molar-refractivity contribution < 1.29 is 0 Å². The van der Waals surface area contributed by atoms with Gasteiger partial charge in [0, 0.05) is 18.1 Å². The van der Waals surface area contributed by atoms with Gasteiger partial charge in [0.1, 0.15) is 0 Å². The number of aromatic nitrogens is 2. The Kier molecular flexibility index (Phi) is 4.51. The Morgan fingerprint density at radius 3 is 3.10 bits per heavy atom. The van der Waals surface area contributed by atoms with Crippen molar-refractivity contribution in [2.75, 3.05) is 18.5 Å². The quantitative estimate of drug-likeness (QED) is 0.921. The lowest BCUT2D eigenvalue weighted by Gasteiger charge is -2.21. The van der Waals surface area contributed by atoms with E-state index in [1.165, 1.54) is 29.8 Å².